The third-order valence-electron chi connectivity index (χ3n) is 5.83. The summed E-state index contributed by atoms with van der Waals surface area (Å²) in [6.45, 7) is 0. The third kappa shape index (κ3) is 3.66. The molecule has 5 rings (SSSR count). The van der Waals surface area contributed by atoms with Crippen LogP contribution in [0.4, 0.5) is 11.4 Å². The predicted octanol–water partition coefficient (Wildman–Crippen LogP) is 7.08. The van der Waals surface area contributed by atoms with Crippen molar-refractivity contribution < 1.29 is 4.79 Å². The van der Waals surface area contributed by atoms with E-state index in [0.717, 1.165) is 44.7 Å². The zero-order chi connectivity index (χ0) is 20.7. The van der Waals surface area contributed by atoms with Crippen molar-refractivity contribution in [2.24, 2.45) is 0 Å². The summed E-state index contributed by atoms with van der Waals surface area (Å²) in [6.07, 6.45) is 1.27. The monoisotopic (exact) mass is 478 g/mol. The van der Waals surface area contributed by atoms with Gasteiger partial charge in [-0.15, -0.1) is 0 Å². The zero-order valence-corrected chi connectivity index (χ0v) is 18.5. The number of Topliss-reactive ketones (excluding diaryl/α,β-unsaturated/α-hetero) is 1. The number of benzene rings is 3. The van der Waals surface area contributed by atoms with Crippen molar-refractivity contribution >= 4 is 44.7 Å². The minimum absolute atomic E-state index is 0.134. The number of para-hydroxylation sites is 2. The summed E-state index contributed by atoms with van der Waals surface area (Å²) in [5, 5.41) is 7.90. The molecule has 0 aromatic heterocycles. The van der Waals surface area contributed by atoms with Crippen LogP contribution in [0.15, 0.2) is 88.5 Å². The Morgan fingerprint density at radius 1 is 0.867 bits per heavy atom. The van der Waals surface area contributed by atoms with E-state index < -0.39 is 0 Å². The lowest BCUT2D eigenvalue weighted by Crippen LogP contribution is -2.26. The minimum Gasteiger partial charge on any atom is -0.372 e. The Morgan fingerprint density at radius 2 is 1.63 bits per heavy atom. The van der Waals surface area contributed by atoms with Gasteiger partial charge in [0.15, 0.2) is 5.78 Å². The molecule has 0 saturated carbocycles. The zero-order valence-electron chi connectivity index (χ0n) is 16.2. The fraction of sp³-hybridized carbons (Fsp3) is 0.160. The van der Waals surface area contributed by atoms with Crippen LogP contribution in [0.3, 0.4) is 0 Å². The van der Waals surface area contributed by atoms with Gasteiger partial charge in [0.1, 0.15) is 0 Å². The molecule has 3 aromatic rings. The highest BCUT2D eigenvalue weighted by molar-refractivity contribution is 9.10. The summed E-state index contributed by atoms with van der Waals surface area (Å²) in [5.74, 6) is 0.309. The summed E-state index contributed by atoms with van der Waals surface area (Å²) in [4.78, 5) is 13.5. The fourth-order valence-corrected chi connectivity index (χ4v) is 4.94. The summed E-state index contributed by atoms with van der Waals surface area (Å²) < 4.78 is 0.997. The topological polar surface area (TPSA) is 41.1 Å². The van der Waals surface area contributed by atoms with Crippen LogP contribution in [0, 0.1) is 0 Å². The summed E-state index contributed by atoms with van der Waals surface area (Å²) in [6, 6.07) is 23.9. The van der Waals surface area contributed by atoms with Crippen molar-refractivity contribution in [3.05, 3.63) is 105 Å². The van der Waals surface area contributed by atoms with Gasteiger partial charge >= 0.3 is 0 Å². The Hall–Kier alpha value is -2.56. The van der Waals surface area contributed by atoms with Crippen LogP contribution in [-0.4, -0.2) is 5.78 Å². The van der Waals surface area contributed by atoms with Crippen molar-refractivity contribution in [1.29, 1.82) is 0 Å². The normalized spacial score (nSPS) is 20.5. The molecular weight excluding hydrogens is 460 g/mol. The van der Waals surface area contributed by atoms with E-state index in [2.05, 4.69) is 38.7 Å². The second-order valence-corrected chi connectivity index (χ2v) is 9.13. The molecule has 0 spiro atoms. The Bertz CT molecular complexity index is 1160. The van der Waals surface area contributed by atoms with Gasteiger partial charge in [0, 0.05) is 27.2 Å². The molecule has 0 radical (unpaired) electrons. The molecule has 150 valence electrons. The molecule has 0 bridgehead atoms. The molecule has 1 aliphatic heterocycles. The van der Waals surface area contributed by atoms with Crippen LogP contribution in [0.2, 0.25) is 5.02 Å². The Morgan fingerprint density at radius 3 is 2.40 bits per heavy atom. The van der Waals surface area contributed by atoms with Gasteiger partial charge in [-0.1, -0.05) is 63.9 Å². The number of ketones is 1. The van der Waals surface area contributed by atoms with Gasteiger partial charge in [0.25, 0.3) is 0 Å². The van der Waals surface area contributed by atoms with Crippen molar-refractivity contribution in [1.82, 2.24) is 0 Å². The molecule has 0 amide bonds. The average molecular weight is 480 g/mol. The average Bonchev–Trinajstić information content (AvgIpc) is 2.91. The smallest absolute Gasteiger partial charge is 0.163 e. The third-order valence-corrected chi connectivity index (χ3v) is 6.58. The number of rotatable bonds is 2. The first-order valence-electron chi connectivity index (χ1n) is 9.98. The second-order valence-electron chi connectivity index (χ2n) is 7.78. The molecule has 30 heavy (non-hydrogen) atoms. The van der Waals surface area contributed by atoms with Gasteiger partial charge in [-0.2, -0.15) is 0 Å². The van der Waals surface area contributed by atoms with Gasteiger partial charge in [0.2, 0.25) is 0 Å². The van der Waals surface area contributed by atoms with Crippen LogP contribution in [0.25, 0.3) is 0 Å². The summed E-state index contributed by atoms with van der Waals surface area (Å²) >= 11 is 9.64. The molecule has 0 saturated heterocycles. The molecule has 0 unspecified atom stereocenters. The SMILES string of the molecule is O=C1C[C@H](c2ccc(Cl)cc2)CC2=C1[C@@H](c1cccc(Br)c1)Nc1ccccc1N2. The molecule has 2 atom stereocenters. The maximum Gasteiger partial charge on any atom is 0.163 e. The number of anilines is 2. The van der Waals surface area contributed by atoms with Crippen LogP contribution < -0.4 is 10.6 Å². The van der Waals surface area contributed by atoms with E-state index in [0.29, 0.717) is 11.4 Å². The number of allylic oxidation sites excluding steroid dienone is 1. The quantitative estimate of drug-likeness (QED) is 0.412. The molecular formula is C25H20BrClN2O. The maximum atomic E-state index is 13.5. The van der Waals surface area contributed by atoms with E-state index in [4.69, 9.17) is 11.6 Å². The number of carbonyl (C=O) groups is 1. The lowest BCUT2D eigenvalue weighted by molar-refractivity contribution is -0.116. The second kappa shape index (κ2) is 7.93. The summed E-state index contributed by atoms with van der Waals surface area (Å²) in [5.41, 5.74) is 6.02. The van der Waals surface area contributed by atoms with Gasteiger partial charge < -0.3 is 10.6 Å². The number of halogens is 2. The number of nitrogens with one attached hydrogen (secondary N) is 2. The van der Waals surface area contributed by atoms with E-state index in [1.165, 1.54) is 0 Å². The highest BCUT2D eigenvalue weighted by Gasteiger charge is 2.36. The Balaban J connectivity index is 1.61. The predicted molar refractivity (Wildman–Crippen MR) is 126 cm³/mol. The lowest BCUT2D eigenvalue weighted by Gasteiger charge is -2.30. The van der Waals surface area contributed by atoms with Crippen LogP contribution in [0.1, 0.15) is 35.9 Å². The van der Waals surface area contributed by atoms with Gasteiger partial charge in [-0.25, -0.2) is 0 Å². The number of fused-ring (bicyclic) bond motifs is 1. The molecule has 1 heterocycles. The number of hydrogen-bond donors (Lipinski definition) is 2. The van der Waals surface area contributed by atoms with Gasteiger partial charge in [0.05, 0.1) is 17.4 Å². The highest BCUT2D eigenvalue weighted by atomic mass is 79.9. The highest BCUT2D eigenvalue weighted by Crippen LogP contribution is 2.44. The molecule has 3 aromatic carbocycles. The molecule has 3 nitrogen and oxygen atoms in total. The van der Waals surface area contributed by atoms with Gasteiger partial charge in [-0.3, -0.25) is 4.79 Å². The van der Waals surface area contributed by atoms with Crippen molar-refractivity contribution in [3.8, 4) is 0 Å². The Labute approximate surface area is 189 Å². The number of carbonyl (C=O) groups excluding carboxylic acids is 1. The molecule has 0 fully saturated rings. The van der Waals surface area contributed by atoms with E-state index in [-0.39, 0.29) is 17.7 Å². The Kier molecular flexibility index (Phi) is 5.13. The molecule has 2 aliphatic rings. The first kappa shape index (κ1) is 19.4. The van der Waals surface area contributed by atoms with Gasteiger partial charge in [-0.05, 0) is 59.9 Å². The van der Waals surface area contributed by atoms with Crippen molar-refractivity contribution in [3.63, 3.8) is 0 Å². The van der Waals surface area contributed by atoms with E-state index in [1.807, 2.05) is 60.7 Å². The number of hydrogen-bond acceptors (Lipinski definition) is 3. The first-order valence-corrected chi connectivity index (χ1v) is 11.2. The first-order chi connectivity index (χ1) is 14.6. The summed E-state index contributed by atoms with van der Waals surface area (Å²) in [7, 11) is 0. The van der Waals surface area contributed by atoms with E-state index in [1.54, 1.807) is 0 Å². The standard InChI is InChI=1S/C25H20BrClN2O/c26-18-5-3-4-16(12-18)25-24-22(28-20-6-1-2-7-21(20)29-25)13-17(14-23(24)30)15-8-10-19(27)11-9-15/h1-12,17,25,28-29H,13-14H2/t17-,25-/m1/s1. The van der Waals surface area contributed by atoms with Crippen molar-refractivity contribution in [2.75, 3.05) is 10.6 Å². The molecule has 5 heteroatoms. The fourth-order valence-electron chi connectivity index (χ4n) is 4.40. The lowest BCUT2D eigenvalue weighted by atomic mass is 9.78. The van der Waals surface area contributed by atoms with Crippen LogP contribution >= 0.6 is 27.5 Å². The molecule has 1 aliphatic carbocycles. The molecule has 2 N–H and O–H groups in total. The largest absolute Gasteiger partial charge is 0.372 e. The van der Waals surface area contributed by atoms with Crippen LogP contribution in [-0.2, 0) is 4.79 Å². The van der Waals surface area contributed by atoms with E-state index >= 15 is 0 Å². The maximum absolute atomic E-state index is 13.5. The van der Waals surface area contributed by atoms with E-state index in [9.17, 15) is 4.79 Å². The van der Waals surface area contributed by atoms with Crippen molar-refractivity contribution in [2.45, 2.75) is 24.8 Å². The minimum atomic E-state index is -0.202. The van der Waals surface area contributed by atoms with Crippen LogP contribution in [0.5, 0.6) is 0 Å².